The summed E-state index contributed by atoms with van der Waals surface area (Å²) < 4.78 is 6.21. The fourth-order valence-corrected chi connectivity index (χ4v) is 1.14. The Morgan fingerprint density at radius 2 is 2.31 bits per heavy atom. The first-order chi connectivity index (χ1) is 7.54. The van der Waals surface area contributed by atoms with E-state index < -0.39 is 17.9 Å². The molecule has 0 saturated carbocycles. The van der Waals surface area contributed by atoms with Crippen LogP contribution < -0.4 is 0 Å². The highest BCUT2D eigenvalue weighted by Crippen LogP contribution is 2.04. The molecule has 0 radical (unpaired) electrons. The molecule has 1 aromatic heterocycles. The number of aliphatic carboxylic acids is 1. The number of hydrogen-bond acceptors (Lipinski definition) is 4. The quantitative estimate of drug-likeness (QED) is 0.750. The second-order valence-corrected chi connectivity index (χ2v) is 3.41. The highest BCUT2D eigenvalue weighted by atomic mass is 16.5. The molecule has 1 unspecified atom stereocenters. The monoisotopic (exact) mass is 226 g/mol. The Bertz CT molecular complexity index is 386. The summed E-state index contributed by atoms with van der Waals surface area (Å²) in [6, 6.07) is 0. The topological polar surface area (TPSA) is 81.4 Å². The summed E-state index contributed by atoms with van der Waals surface area (Å²) in [6.45, 7) is 3.83. The lowest BCUT2D eigenvalue weighted by atomic mass is 10.2. The predicted octanol–water partition coefficient (Wildman–Crippen LogP) is 0.780. The number of ether oxygens (including phenoxy) is 1. The first kappa shape index (κ1) is 12.2. The smallest absolute Gasteiger partial charge is 0.341 e. The summed E-state index contributed by atoms with van der Waals surface area (Å²) in [5.41, 5.74) is 0.333. The lowest BCUT2D eigenvalue weighted by Gasteiger charge is -2.05. The van der Waals surface area contributed by atoms with Gasteiger partial charge in [-0.05, 0) is 6.92 Å². The fourth-order valence-electron chi connectivity index (χ4n) is 1.14. The maximum atomic E-state index is 11.3. The van der Waals surface area contributed by atoms with Crippen molar-refractivity contribution in [3.05, 3.63) is 18.0 Å². The summed E-state index contributed by atoms with van der Waals surface area (Å²) in [6.07, 6.45) is 2.85. The molecule has 0 aliphatic rings. The van der Waals surface area contributed by atoms with E-state index in [1.165, 1.54) is 17.1 Å². The Morgan fingerprint density at radius 1 is 1.62 bits per heavy atom. The molecule has 1 heterocycles. The van der Waals surface area contributed by atoms with Gasteiger partial charge in [-0.15, -0.1) is 0 Å². The first-order valence-corrected chi connectivity index (χ1v) is 4.97. The van der Waals surface area contributed by atoms with Crippen LogP contribution in [0.3, 0.4) is 0 Å². The van der Waals surface area contributed by atoms with E-state index in [1.54, 1.807) is 13.8 Å². The lowest BCUT2D eigenvalue weighted by Crippen LogP contribution is -2.17. The third-order valence-corrected chi connectivity index (χ3v) is 2.03. The number of aromatic nitrogens is 2. The van der Waals surface area contributed by atoms with Crippen molar-refractivity contribution in [3.63, 3.8) is 0 Å². The van der Waals surface area contributed by atoms with E-state index in [-0.39, 0.29) is 6.54 Å². The van der Waals surface area contributed by atoms with Crippen LogP contribution in [0.5, 0.6) is 0 Å². The minimum atomic E-state index is -0.895. The maximum absolute atomic E-state index is 11.3. The van der Waals surface area contributed by atoms with Crippen molar-refractivity contribution in [2.75, 3.05) is 6.61 Å². The molecule has 0 spiro atoms. The average Bonchev–Trinajstić information content (AvgIpc) is 2.66. The summed E-state index contributed by atoms with van der Waals surface area (Å²) in [7, 11) is 0. The molecule has 0 saturated heterocycles. The Labute approximate surface area is 92.8 Å². The number of carbonyl (C=O) groups is 2. The van der Waals surface area contributed by atoms with Crippen molar-refractivity contribution in [2.24, 2.45) is 5.92 Å². The summed E-state index contributed by atoms with van der Waals surface area (Å²) in [5, 5.41) is 12.6. The molecule has 0 aromatic carbocycles. The van der Waals surface area contributed by atoms with E-state index in [4.69, 9.17) is 9.84 Å². The number of carbonyl (C=O) groups excluding carboxylic acids is 1. The van der Waals surface area contributed by atoms with Crippen LogP contribution in [0.25, 0.3) is 0 Å². The van der Waals surface area contributed by atoms with E-state index in [9.17, 15) is 9.59 Å². The van der Waals surface area contributed by atoms with Gasteiger partial charge >= 0.3 is 11.9 Å². The molecule has 1 N–H and O–H groups in total. The molecule has 0 fully saturated rings. The normalized spacial score (nSPS) is 12.1. The van der Waals surface area contributed by atoms with E-state index in [2.05, 4.69) is 5.10 Å². The molecule has 1 rings (SSSR count). The molecule has 6 heteroatoms. The second-order valence-electron chi connectivity index (χ2n) is 3.41. The second kappa shape index (κ2) is 5.29. The third kappa shape index (κ3) is 3.08. The van der Waals surface area contributed by atoms with Gasteiger partial charge in [0.2, 0.25) is 0 Å². The van der Waals surface area contributed by atoms with Crippen molar-refractivity contribution >= 4 is 11.9 Å². The van der Waals surface area contributed by atoms with Gasteiger partial charge in [0.1, 0.15) is 0 Å². The van der Waals surface area contributed by atoms with Crippen LogP contribution in [-0.2, 0) is 16.1 Å². The van der Waals surface area contributed by atoms with E-state index in [0.717, 1.165) is 0 Å². The SMILES string of the molecule is CCOC(=O)c1cnn(CC(C)C(=O)O)c1. The van der Waals surface area contributed by atoms with Gasteiger partial charge in [-0.3, -0.25) is 9.48 Å². The van der Waals surface area contributed by atoms with Gasteiger partial charge in [-0.2, -0.15) is 5.10 Å². The Morgan fingerprint density at radius 3 is 2.88 bits per heavy atom. The van der Waals surface area contributed by atoms with Crippen LogP contribution >= 0.6 is 0 Å². The van der Waals surface area contributed by atoms with E-state index in [1.807, 2.05) is 0 Å². The molecular weight excluding hydrogens is 212 g/mol. The van der Waals surface area contributed by atoms with Gasteiger partial charge in [-0.1, -0.05) is 6.92 Å². The number of rotatable bonds is 5. The van der Waals surface area contributed by atoms with Crippen LogP contribution in [0.2, 0.25) is 0 Å². The van der Waals surface area contributed by atoms with Gasteiger partial charge in [0.15, 0.2) is 0 Å². The fraction of sp³-hybridized carbons (Fsp3) is 0.500. The summed E-state index contributed by atoms with van der Waals surface area (Å²) in [4.78, 5) is 21.9. The maximum Gasteiger partial charge on any atom is 0.341 e. The van der Waals surface area contributed by atoms with Crippen molar-refractivity contribution < 1.29 is 19.4 Å². The summed E-state index contributed by atoms with van der Waals surface area (Å²) >= 11 is 0. The highest BCUT2D eigenvalue weighted by Gasteiger charge is 2.14. The van der Waals surface area contributed by atoms with Crippen LogP contribution in [0, 0.1) is 5.92 Å². The standard InChI is InChI=1S/C10H14N2O4/c1-3-16-10(15)8-4-11-12(6-8)5-7(2)9(13)14/h4,6-7H,3,5H2,1-2H3,(H,13,14). The minimum Gasteiger partial charge on any atom is -0.481 e. The average molecular weight is 226 g/mol. The van der Waals surface area contributed by atoms with Crippen molar-refractivity contribution in [1.29, 1.82) is 0 Å². The molecule has 1 aromatic rings. The number of hydrogen-bond donors (Lipinski definition) is 1. The first-order valence-electron chi connectivity index (χ1n) is 4.97. The Hall–Kier alpha value is -1.85. The van der Waals surface area contributed by atoms with E-state index >= 15 is 0 Å². The minimum absolute atomic E-state index is 0.231. The van der Waals surface area contributed by atoms with Crippen molar-refractivity contribution in [3.8, 4) is 0 Å². The van der Waals surface area contributed by atoms with Gasteiger partial charge in [0.25, 0.3) is 0 Å². The van der Waals surface area contributed by atoms with Crippen molar-refractivity contribution in [1.82, 2.24) is 9.78 Å². The summed E-state index contributed by atoms with van der Waals surface area (Å²) in [5.74, 6) is -1.89. The van der Waals surface area contributed by atoms with E-state index in [0.29, 0.717) is 12.2 Å². The van der Waals surface area contributed by atoms with Crippen LogP contribution in [0.4, 0.5) is 0 Å². The molecular formula is C10H14N2O4. The molecule has 88 valence electrons. The van der Waals surface area contributed by atoms with Crippen LogP contribution in [0.15, 0.2) is 12.4 Å². The molecule has 0 aliphatic carbocycles. The largest absolute Gasteiger partial charge is 0.481 e. The highest BCUT2D eigenvalue weighted by molar-refractivity contribution is 5.88. The van der Waals surface area contributed by atoms with Gasteiger partial charge in [0.05, 0.1) is 30.8 Å². The molecule has 1 atom stereocenters. The number of nitrogens with zero attached hydrogens (tertiary/aromatic N) is 2. The molecule has 16 heavy (non-hydrogen) atoms. The third-order valence-electron chi connectivity index (χ3n) is 2.03. The Balaban J connectivity index is 2.64. The van der Waals surface area contributed by atoms with Gasteiger partial charge < -0.3 is 9.84 Å². The molecule has 0 bridgehead atoms. The van der Waals surface area contributed by atoms with Crippen molar-refractivity contribution in [2.45, 2.75) is 20.4 Å². The predicted molar refractivity (Wildman–Crippen MR) is 55.0 cm³/mol. The van der Waals surface area contributed by atoms with Crippen LogP contribution in [0.1, 0.15) is 24.2 Å². The molecule has 0 amide bonds. The van der Waals surface area contributed by atoms with Crippen LogP contribution in [-0.4, -0.2) is 33.4 Å². The zero-order chi connectivity index (χ0) is 12.1. The zero-order valence-corrected chi connectivity index (χ0v) is 9.21. The zero-order valence-electron chi connectivity index (χ0n) is 9.21. The number of carboxylic acids is 1. The number of carboxylic acid groups (broad SMARTS) is 1. The molecule has 6 nitrogen and oxygen atoms in total. The lowest BCUT2D eigenvalue weighted by molar-refractivity contribution is -0.141. The number of esters is 1. The van der Waals surface area contributed by atoms with Gasteiger partial charge in [-0.25, -0.2) is 4.79 Å². The Kier molecular flexibility index (Phi) is 4.04. The van der Waals surface area contributed by atoms with Gasteiger partial charge in [0, 0.05) is 6.20 Å². The molecule has 0 aliphatic heterocycles.